The molecule has 1 aliphatic rings. The molecule has 180 valence electrons. The molecule has 0 bridgehead atoms. The van der Waals surface area contributed by atoms with E-state index in [0.29, 0.717) is 38.9 Å². The number of carbonyl (C=O) groups is 2. The lowest BCUT2D eigenvalue weighted by molar-refractivity contribution is -0.117. The summed E-state index contributed by atoms with van der Waals surface area (Å²) in [4.78, 5) is 30.6. The van der Waals surface area contributed by atoms with Crippen molar-refractivity contribution in [1.29, 1.82) is 0 Å². The normalized spacial score (nSPS) is 12.3. The zero-order valence-electron chi connectivity index (χ0n) is 19.2. The summed E-state index contributed by atoms with van der Waals surface area (Å²) < 4.78 is 10.8. The smallest absolute Gasteiger partial charge is 0.286 e. The molecule has 0 radical (unpaired) electrons. The second kappa shape index (κ2) is 9.97. The number of hydrogen-bond acceptors (Lipinski definition) is 6. The van der Waals surface area contributed by atoms with E-state index >= 15 is 0 Å². The Balaban J connectivity index is 1.44. The number of hydrazine groups is 1. The van der Waals surface area contributed by atoms with Crippen LogP contribution in [0, 0.1) is 0 Å². The zero-order chi connectivity index (χ0) is 25.1. The molecule has 3 aromatic carbocycles. The van der Waals surface area contributed by atoms with Crippen LogP contribution >= 0.6 is 11.6 Å². The van der Waals surface area contributed by atoms with Crippen LogP contribution in [0.15, 0.2) is 84.7 Å². The molecule has 2 N–H and O–H groups in total. The molecule has 2 amide bonds. The van der Waals surface area contributed by atoms with Crippen molar-refractivity contribution in [3.05, 3.63) is 101 Å². The fourth-order valence-electron chi connectivity index (χ4n) is 3.78. The number of hydrogen-bond donors (Lipinski definition) is 2. The van der Waals surface area contributed by atoms with Crippen molar-refractivity contribution in [2.75, 3.05) is 18.8 Å². The number of pyridine rings is 1. The van der Waals surface area contributed by atoms with Gasteiger partial charge in [-0.1, -0.05) is 35.9 Å². The number of fused-ring (bicyclic) bond motifs is 2. The van der Waals surface area contributed by atoms with Gasteiger partial charge >= 0.3 is 0 Å². The highest BCUT2D eigenvalue weighted by Crippen LogP contribution is 2.33. The van der Waals surface area contributed by atoms with E-state index < -0.39 is 11.8 Å². The van der Waals surface area contributed by atoms with Crippen LogP contribution in [-0.4, -0.2) is 30.6 Å². The van der Waals surface area contributed by atoms with Crippen molar-refractivity contribution in [2.45, 2.75) is 0 Å². The van der Waals surface area contributed by atoms with Crippen LogP contribution < -0.4 is 25.2 Å². The highest BCUT2D eigenvalue weighted by atomic mass is 35.5. The number of carbonyl (C=O) groups excluding carboxylic acids is 2. The predicted molar refractivity (Wildman–Crippen MR) is 138 cm³/mol. The number of ether oxygens (including phenoxy) is 2. The average Bonchev–Trinajstić information content (AvgIpc) is 3.36. The lowest BCUT2D eigenvalue weighted by Gasteiger charge is -2.23. The van der Waals surface area contributed by atoms with Crippen LogP contribution in [0.2, 0.25) is 5.02 Å². The molecule has 1 aliphatic heterocycles. The van der Waals surface area contributed by atoms with Gasteiger partial charge in [-0.2, -0.15) is 0 Å². The second-order valence-corrected chi connectivity index (χ2v) is 8.42. The lowest BCUT2D eigenvalue weighted by Crippen LogP contribution is -2.43. The molecular weight excluding hydrogens is 480 g/mol. The molecule has 0 unspecified atom stereocenters. The largest absolute Gasteiger partial charge is 0.454 e. The van der Waals surface area contributed by atoms with Gasteiger partial charge in [0.25, 0.3) is 11.8 Å². The number of anilines is 1. The van der Waals surface area contributed by atoms with Crippen molar-refractivity contribution in [3.8, 4) is 11.5 Å². The Labute approximate surface area is 212 Å². The first-order valence-electron chi connectivity index (χ1n) is 11.0. The summed E-state index contributed by atoms with van der Waals surface area (Å²) in [7, 11) is 1.71. The van der Waals surface area contributed by atoms with Crippen LogP contribution in [0.4, 0.5) is 5.69 Å². The molecule has 2 heterocycles. The van der Waals surface area contributed by atoms with E-state index in [4.69, 9.17) is 21.1 Å². The number of aromatic nitrogens is 1. The number of nitrogens with zero attached hydrogens (tertiary/aromatic N) is 2. The Kier molecular flexibility index (Phi) is 6.42. The van der Waals surface area contributed by atoms with Crippen molar-refractivity contribution in [2.24, 2.45) is 0 Å². The van der Waals surface area contributed by atoms with Gasteiger partial charge in [0.15, 0.2) is 11.5 Å². The third-order valence-electron chi connectivity index (χ3n) is 5.55. The second-order valence-electron chi connectivity index (χ2n) is 7.98. The molecule has 0 atom stereocenters. The summed E-state index contributed by atoms with van der Waals surface area (Å²) in [6.45, 7) is 0.135. The Morgan fingerprint density at radius 2 is 1.81 bits per heavy atom. The van der Waals surface area contributed by atoms with Crippen molar-refractivity contribution in [1.82, 2.24) is 15.7 Å². The van der Waals surface area contributed by atoms with E-state index in [2.05, 4.69) is 15.7 Å². The van der Waals surface area contributed by atoms with Gasteiger partial charge in [0, 0.05) is 29.2 Å². The number of benzene rings is 3. The van der Waals surface area contributed by atoms with Crippen molar-refractivity contribution >= 4 is 46.1 Å². The first-order valence-corrected chi connectivity index (χ1v) is 11.4. The molecule has 1 aromatic heterocycles. The summed E-state index contributed by atoms with van der Waals surface area (Å²) in [6, 6.07) is 21.1. The molecule has 4 aromatic rings. The van der Waals surface area contributed by atoms with E-state index in [1.165, 1.54) is 0 Å². The molecule has 0 aliphatic carbocycles. The SMILES string of the molecule is CN(NC(=O)/C(=C\c1ccc2c(c1)OCO2)NC(=O)c1ccccc1)c1ccnc2cc(Cl)ccc12. The minimum Gasteiger partial charge on any atom is -0.454 e. The van der Waals surface area contributed by atoms with Gasteiger partial charge in [0.05, 0.1) is 11.2 Å². The van der Waals surface area contributed by atoms with Gasteiger partial charge < -0.3 is 14.8 Å². The standard InChI is InChI=1S/C27H21ClN4O4/c1-32(23-11-12-29-21-15-19(28)8-9-20(21)23)31-27(34)22(30-26(33)18-5-3-2-4-6-18)13-17-7-10-24-25(14-17)36-16-35-24/h2-15H,16H2,1H3,(H,30,33)(H,31,34)/b22-13+. The average molecular weight is 501 g/mol. The highest BCUT2D eigenvalue weighted by molar-refractivity contribution is 6.31. The van der Waals surface area contributed by atoms with Crippen molar-refractivity contribution in [3.63, 3.8) is 0 Å². The Bertz CT molecular complexity index is 1490. The number of rotatable bonds is 6. The van der Waals surface area contributed by atoms with E-state index in [1.807, 2.05) is 12.1 Å². The maximum Gasteiger partial charge on any atom is 0.286 e. The molecule has 9 heteroatoms. The fourth-order valence-corrected chi connectivity index (χ4v) is 3.95. The summed E-state index contributed by atoms with van der Waals surface area (Å²) in [5.74, 6) is 0.260. The Morgan fingerprint density at radius 3 is 2.64 bits per heavy atom. The maximum absolute atomic E-state index is 13.4. The van der Waals surface area contributed by atoms with Crippen LogP contribution in [0.3, 0.4) is 0 Å². The first kappa shape index (κ1) is 23.2. The van der Waals surface area contributed by atoms with Crippen LogP contribution in [0.25, 0.3) is 17.0 Å². The third kappa shape index (κ3) is 4.94. The van der Waals surface area contributed by atoms with E-state index in [1.54, 1.807) is 85.0 Å². The molecular formula is C27H21ClN4O4. The van der Waals surface area contributed by atoms with E-state index in [-0.39, 0.29) is 12.5 Å². The van der Waals surface area contributed by atoms with Gasteiger partial charge in [0.1, 0.15) is 5.70 Å². The van der Waals surface area contributed by atoms with Gasteiger partial charge in [-0.15, -0.1) is 0 Å². The van der Waals surface area contributed by atoms with Crippen LogP contribution in [0.5, 0.6) is 11.5 Å². The van der Waals surface area contributed by atoms with Crippen LogP contribution in [-0.2, 0) is 4.79 Å². The number of amides is 2. The van der Waals surface area contributed by atoms with E-state index in [9.17, 15) is 9.59 Å². The Morgan fingerprint density at radius 1 is 1.00 bits per heavy atom. The highest BCUT2D eigenvalue weighted by Gasteiger charge is 2.19. The number of nitrogens with one attached hydrogen (secondary N) is 2. The maximum atomic E-state index is 13.4. The summed E-state index contributed by atoms with van der Waals surface area (Å²) in [5.41, 5.74) is 5.36. The summed E-state index contributed by atoms with van der Waals surface area (Å²) in [6.07, 6.45) is 3.22. The first-order chi connectivity index (χ1) is 17.5. The number of halogens is 1. The van der Waals surface area contributed by atoms with Gasteiger partial charge in [-0.05, 0) is 60.2 Å². The minimum atomic E-state index is -0.515. The van der Waals surface area contributed by atoms with Gasteiger partial charge in [-0.25, -0.2) is 0 Å². The monoisotopic (exact) mass is 500 g/mol. The molecule has 0 fully saturated rings. The van der Waals surface area contributed by atoms with Gasteiger partial charge in [0.2, 0.25) is 6.79 Å². The minimum absolute atomic E-state index is 0.0518. The summed E-state index contributed by atoms with van der Waals surface area (Å²) in [5, 5.41) is 5.68. The molecule has 5 rings (SSSR count). The lowest BCUT2D eigenvalue weighted by atomic mass is 10.1. The third-order valence-corrected chi connectivity index (χ3v) is 5.78. The topological polar surface area (TPSA) is 92.8 Å². The fraction of sp³-hybridized carbons (Fsp3) is 0.0741. The molecule has 0 saturated heterocycles. The zero-order valence-corrected chi connectivity index (χ0v) is 20.0. The Hall–Kier alpha value is -4.56. The predicted octanol–water partition coefficient (Wildman–Crippen LogP) is 4.56. The quantitative estimate of drug-likeness (QED) is 0.298. The van der Waals surface area contributed by atoms with Gasteiger partial charge in [-0.3, -0.25) is 25.0 Å². The van der Waals surface area contributed by atoms with E-state index in [0.717, 1.165) is 5.39 Å². The van der Waals surface area contributed by atoms with Crippen LogP contribution in [0.1, 0.15) is 15.9 Å². The molecule has 36 heavy (non-hydrogen) atoms. The van der Waals surface area contributed by atoms with Crippen molar-refractivity contribution < 1.29 is 19.1 Å². The summed E-state index contributed by atoms with van der Waals surface area (Å²) >= 11 is 6.10. The molecule has 0 spiro atoms. The molecule has 0 saturated carbocycles. The molecule has 8 nitrogen and oxygen atoms in total.